The van der Waals surface area contributed by atoms with Gasteiger partial charge in [-0.15, -0.1) is 0 Å². The number of aliphatic hydroxyl groups excluding tert-OH is 1. The van der Waals surface area contributed by atoms with Crippen LogP contribution in [0.25, 0.3) is 0 Å². The van der Waals surface area contributed by atoms with Crippen molar-refractivity contribution in [1.82, 2.24) is 14.5 Å². The lowest BCUT2D eigenvalue weighted by Crippen LogP contribution is -2.40. The molecule has 1 saturated heterocycles. The molecule has 0 atom stereocenters. The average Bonchev–Trinajstić information content (AvgIpc) is 2.81. The van der Waals surface area contributed by atoms with E-state index in [0.717, 1.165) is 42.9 Å². The quantitative estimate of drug-likeness (QED) is 0.705. The fraction of sp³-hybridized carbons (Fsp3) is 0.538. The number of nitrogens with zero attached hydrogens (tertiary/aromatic N) is 5. The number of hydrogen-bond acceptors (Lipinski definition) is 6. The molecule has 0 unspecified atom stereocenters. The molecular formula is C26H35N5O3. The molecule has 0 spiro atoms. The lowest BCUT2D eigenvalue weighted by Gasteiger charge is -2.33. The van der Waals surface area contributed by atoms with Gasteiger partial charge in [0.15, 0.2) is 0 Å². The van der Waals surface area contributed by atoms with Gasteiger partial charge in [-0.1, -0.05) is 13.3 Å². The molecule has 0 aromatic carbocycles. The molecule has 0 bridgehead atoms. The van der Waals surface area contributed by atoms with Crippen LogP contribution in [0.4, 0.5) is 11.5 Å². The normalized spacial score (nSPS) is 17.5. The molecule has 2 aromatic heterocycles. The van der Waals surface area contributed by atoms with Crippen LogP contribution in [0, 0.1) is 0 Å². The molecule has 0 radical (unpaired) electrons. The highest BCUT2D eigenvalue weighted by Gasteiger charge is 2.29. The van der Waals surface area contributed by atoms with Crippen molar-refractivity contribution >= 4 is 23.3 Å². The van der Waals surface area contributed by atoms with Gasteiger partial charge < -0.3 is 14.9 Å². The van der Waals surface area contributed by atoms with Gasteiger partial charge in [0.25, 0.3) is 5.91 Å². The Kier molecular flexibility index (Phi) is 7.46. The molecule has 1 aliphatic carbocycles. The Hall–Kier alpha value is -3.00. The van der Waals surface area contributed by atoms with Gasteiger partial charge >= 0.3 is 0 Å². The van der Waals surface area contributed by atoms with Crippen molar-refractivity contribution in [3.8, 4) is 0 Å². The third-order valence-corrected chi connectivity index (χ3v) is 6.94. The molecule has 8 heteroatoms. The van der Waals surface area contributed by atoms with Gasteiger partial charge in [0.1, 0.15) is 11.3 Å². The van der Waals surface area contributed by atoms with Crippen LogP contribution < -0.4 is 10.4 Å². The maximum Gasteiger partial charge on any atom is 0.255 e. The van der Waals surface area contributed by atoms with Gasteiger partial charge in [-0.3, -0.25) is 19.1 Å². The van der Waals surface area contributed by atoms with Gasteiger partial charge in [-0.2, -0.15) is 0 Å². The lowest BCUT2D eigenvalue weighted by molar-refractivity contribution is 0.0546. The number of carbonyl (C=O) groups excluding carboxylic acids is 2. The molecule has 34 heavy (non-hydrogen) atoms. The van der Waals surface area contributed by atoms with E-state index in [0.29, 0.717) is 42.9 Å². The summed E-state index contributed by atoms with van der Waals surface area (Å²) in [6.45, 7) is 5.56. The molecule has 4 rings (SSSR count). The molecule has 2 fully saturated rings. The van der Waals surface area contributed by atoms with Crippen LogP contribution in [-0.4, -0.2) is 64.2 Å². The standard InChI is InChI=1S/C26H35N5O3/c1-4-11-31(21-8-14-30(18(2)32)24(16-21)27-3)25-23(19-6-5-7-19)15-20(17-28-25)26(34)29-12-9-22(33)10-13-29/h8,14-17,19,22,33H,4-7,9-13H2,1-3H3/b27-24-. The Balaban J connectivity index is 1.72. The molecule has 1 amide bonds. The van der Waals surface area contributed by atoms with E-state index in [1.807, 2.05) is 23.1 Å². The highest BCUT2D eigenvalue weighted by molar-refractivity contribution is 5.94. The molecular weight excluding hydrogens is 430 g/mol. The summed E-state index contributed by atoms with van der Waals surface area (Å²) in [6.07, 6.45) is 8.67. The van der Waals surface area contributed by atoms with E-state index < -0.39 is 0 Å². The van der Waals surface area contributed by atoms with Crippen molar-refractivity contribution in [3.63, 3.8) is 0 Å². The largest absolute Gasteiger partial charge is 0.393 e. The number of likely N-dealkylation sites (tertiary alicyclic amines) is 1. The lowest BCUT2D eigenvalue weighted by atomic mass is 9.79. The predicted molar refractivity (Wildman–Crippen MR) is 131 cm³/mol. The van der Waals surface area contributed by atoms with Gasteiger partial charge in [0.2, 0.25) is 5.91 Å². The van der Waals surface area contributed by atoms with Crippen LogP contribution in [0.15, 0.2) is 35.6 Å². The smallest absolute Gasteiger partial charge is 0.255 e. The summed E-state index contributed by atoms with van der Waals surface area (Å²) in [4.78, 5) is 38.3. The Bertz CT molecular complexity index is 1110. The molecule has 1 aliphatic heterocycles. The van der Waals surface area contributed by atoms with Crippen molar-refractivity contribution in [3.05, 3.63) is 47.2 Å². The number of pyridine rings is 2. The first-order valence-electron chi connectivity index (χ1n) is 12.3. The van der Waals surface area contributed by atoms with Crippen molar-refractivity contribution in [2.45, 2.75) is 64.4 Å². The number of rotatable bonds is 6. The Morgan fingerprint density at radius 2 is 1.94 bits per heavy atom. The summed E-state index contributed by atoms with van der Waals surface area (Å²) in [5, 5.41) is 9.79. The number of amides is 1. The minimum atomic E-state index is -0.315. The fourth-order valence-corrected chi connectivity index (χ4v) is 4.75. The van der Waals surface area contributed by atoms with E-state index in [-0.39, 0.29) is 17.9 Å². The monoisotopic (exact) mass is 465 g/mol. The molecule has 8 nitrogen and oxygen atoms in total. The summed E-state index contributed by atoms with van der Waals surface area (Å²) >= 11 is 0. The zero-order valence-electron chi connectivity index (χ0n) is 20.4. The van der Waals surface area contributed by atoms with Crippen LogP contribution in [0.3, 0.4) is 0 Å². The maximum atomic E-state index is 13.2. The second-order valence-electron chi connectivity index (χ2n) is 9.30. The van der Waals surface area contributed by atoms with E-state index >= 15 is 0 Å². The average molecular weight is 466 g/mol. The van der Waals surface area contributed by atoms with Crippen LogP contribution >= 0.6 is 0 Å². The van der Waals surface area contributed by atoms with Gasteiger partial charge in [0.05, 0.1) is 11.7 Å². The SMILES string of the molecule is CCCN(c1ccn(C(C)=O)/c(=N\C)c1)c1ncc(C(=O)N2CCC(O)CC2)cc1C1CCC1. The number of anilines is 2. The molecule has 2 aliphatic rings. The minimum absolute atomic E-state index is 0.0113. The Morgan fingerprint density at radius 3 is 2.53 bits per heavy atom. The summed E-state index contributed by atoms with van der Waals surface area (Å²) in [7, 11) is 1.68. The van der Waals surface area contributed by atoms with E-state index in [9.17, 15) is 14.7 Å². The Labute approximate surface area is 200 Å². The Morgan fingerprint density at radius 1 is 1.21 bits per heavy atom. The van der Waals surface area contributed by atoms with Crippen molar-refractivity contribution in [1.29, 1.82) is 0 Å². The van der Waals surface area contributed by atoms with Crippen LogP contribution in [0.1, 0.15) is 79.0 Å². The van der Waals surface area contributed by atoms with E-state index in [4.69, 9.17) is 4.98 Å². The second kappa shape index (κ2) is 10.5. The van der Waals surface area contributed by atoms with Crippen LogP contribution in [0.5, 0.6) is 0 Å². The highest BCUT2D eigenvalue weighted by Crippen LogP contribution is 2.42. The zero-order valence-corrected chi connectivity index (χ0v) is 20.4. The van der Waals surface area contributed by atoms with Gasteiger partial charge in [0, 0.05) is 57.8 Å². The highest BCUT2D eigenvalue weighted by atomic mass is 16.3. The summed E-state index contributed by atoms with van der Waals surface area (Å²) < 4.78 is 1.53. The molecule has 1 N–H and O–H groups in total. The van der Waals surface area contributed by atoms with Crippen molar-refractivity contribution in [2.75, 3.05) is 31.6 Å². The number of aliphatic hydroxyl groups is 1. The third kappa shape index (κ3) is 4.92. The number of carbonyl (C=O) groups is 2. The van der Waals surface area contributed by atoms with Crippen molar-refractivity contribution in [2.24, 2.45) is 4.99 Å². The first-order chi connectivity index (χ1) is 16.4. The maximum absolute atomic E-state index is 13.2. The van der Waals surface area contributed by atoms with Gasteiger partial charge in [-0.05, 0) is 55.7 Å². The number of aromatic nitrogens is 2. The van der Waals surface area contributed by atoms with E-state index in [2.05, 4.69) is 16.8 Å². The van der Waals surface area contributed by atoms with E-state index in [1.54, 1.807) is 19.4 Å². The van der Waals surface area contributed by atoms with E-state index in [1.165, 1.54) is 17.9 Å². The summed E-state index contributed by atoms with van der Waals surface area (Å²) in [5.41, 5.74) is 3.25. The van der Waals surface area contributed by atoms with Gasteiger partial charge in [-0.25, -0.2) is 4.98 Å². The summed E-state index contributed by atoms with van der Waals surface area (Å²) in [6, 6.07) is 5.88. The van der Waals surface area contributed by atoms with Crippen LogP contribution in [0.2, 0.25) is 0 Å². The first-order valence-corrected chi connectivity index (χ1v) is 12.3. The predicted octanol–water partition coefficient (Wildman–Crippen LogP) is 3.49. The topological polar surface area (TPSA) is 91.0 Å². The third-order valence-electron chi connectivity index (χ3n) is 6.94. The fourth-order valence-electron chi connectivity index (χ4n) is 4.75. The molecule has 2 aromatic rings. The first kappa shape index (κ1) is 24.1. The molecule has 1 saturated carbocycles. The molecule has 3 heterocycles. The van der Waals surface area contributed by atoms with Crippen LogP contribution in [-0.2, 0) is 0 Å². The van der Waals surface area contributed by atoms with Crippen molar-refractivity contribution < 1.29 is 14.7 Å². The second-order valence-corrected chi connectivity index (χ2v) is 9.30. The molecule has 182 valence electrons. The minimum Gasteiger partial charge on any atom is -0.393 e. The summed E-state index contributed by atoms with van der Waals surface area (Å²) in [5.74, 6) is 1.16. The number of hydrogen-bond donors (Lipinski definition) is 1. The number of piperidine rings is 1. The zero-order chi connectivity index (χ0) is 24.2.